The van der Waals surface area contributed by atoms with Crippen molar-refractivity contribution in [2.45, 2.75) is 31.7 Å². The molecule has 0 heterocycles. The highest BCUT2D eigenvalue weighted by atomic mass is 79.9. The Bertz CT molecular complexity index is 446. The van der Waals surface area contributed by atoms with Crippen LogP contribution >= 0.6 is 27.5 Å². The van der Waals surface area contributed by atoms with E-state index in [1.54, 1.807) is 0 Å². The summed E-state index contributed by atoms with van der Waals surface area (Å²) in [6.07, 6.45) is 4.18. The standard InChI is InChI=1S/C12H12BrClFNO/c13-9-6-11(15)8(5-10(9)14)12(17)16-7-3-1-2-4-7/h5-7H,1-4H2,(H,16,17). The summed E-state index contributed by atoms with van der Waals surface area (Å²) in [5, 5.41) is 3.17. The van der Waals surface area contributed by atoms with Gasteiger partial charge in [-0.05, 0) is 40.9 Å². The maximum atomic E-state index is 13.6. The van der Waals surface area contributed by atoms with Crippen molar-refractivity contribution >= 4 is 33.4 Å². The minimum Gasteiger partial charge on any atom is -0.349 e. The Balaban J connectivity index is 2.15. The number of amides is 1. The number of carbonyl (C=O) groups excluding carboxylic acids is 1. The molecule has 0 unspecified atom stereocenters. The van der Waals surface area contributed by atoms with Crippen LogP contribution in [-0.4, -0.2) is 11.9 Å². The number of nitrogens with one attached hydrogen (secondary N) is 1. The molecule has 0 aliphatic heterocycles. The van der Waals surface area contributed by atoms with E-state index in [2.05, 4.69) is 21.2 Å². The molecule has 1 aliphatic carbocycles. The molecule has 1 aliphatic rings. The van der Waals surface area contributed by atoms with Crippen molar-refractivity contribution in [2.75, 3.05) is 0 Å². The summed E-state index contributed by atoms with van der Waals surface area (Å²) in [5.41, 5.74) is 0.00472. The Labute approximate surface area is 113 Å². The summed E-state index contributed by atoms with van der Waals surface area (Å²) in [6.45, 7) is 0. The molecule has 1 fully saturated rings. The number of carbonyl (C=O) groups is 1. The summed E-state index contributed by atoms with van der Waals surface area (Å²) in [7, 11) is 0. The van der Waals surface area contributed by atoms with Gasteiger partial charge in [-0.1, -0.05) is 24.4 Å². The van der Waals surface area contributed by atoms with Crippen LogP contribution < -0.4 is 5.32 Å². The Morgan fingerprint density at radius 2 is 2.06 bits per heavy atom. The number of hydrogen-bond acceptors (Lipinski definition) is 1. The molecule has 1 aromatic rings. The van der Waals surface area contributed by atoms with Crippen molar-refractivity contribution in [1.29, 1.82) is 0 Å². The van der Waals surface area contributed by atoms with Crippen LogP contribution in [0.2, 0.25) is 5.02 Å². The van der Waals surface area contributed by atoms with Gasteiger partial charge in [0.15, 0.2) is 0 Å². The number of halogens is 3. The van der Waals surface area contributed by atoms with E-state index in [9.17, 15) is 9.18 Å². The second-order valence-corrected chi connectivity index (χ2v) is 5.46. The fraction of sp³-hybridized carbons (Fsp3) is 0.417. The zero-order valence-corrected chi connectivity index (χ0v) is 11.4. The molecule has 92 valence electrons. The molecule has 0 bridgehead atoms. The number of benzene rings is 1. The van der Waals surface area contributed by atoms with Crippen LogP contribution in [0.15, 0.2) is 16.6 Å². The van der Waals surface area contributed by atoms with Gasteiger partial charge in [-0.25, -0.2) is 4.39 Å². The van der Waals surface area contributed by atoms with Gasteiger partial charge in [0, 0.05) is 10.5 Å². The molecule has 0 aromatic heterocycles. The Hall–Kier alpha value is -0.610. The molecule has 1 N–H and O–H groups in total. The lowest BCUT2D eigenvalue weighted by Gasteiger charge is -2.12. The average Bonchev–Trinajstić information content (AvgIpc) is 2.76. The highest BCUT2D eigenvalue weighted by molar-refractivity contribution is 9.10. The molecular weight excluding hydrogens is 308 g/mol. The Kier molecular flexibility index (Phi) is 4.05. The van der Waals surface area contributed by atoms with Gasteiger partial charge in [-0.3, -0.25) is 4.79 Å². The first kappa shape index (κ1) is 12.8. The first-order valence-corrected chi connectivity index (χ1v) is 6.70. The highest BCUT2D eigenvalue weighted by Crippen LogP contribution is 2.26. The van der Waals surface area contributed by atoms with Crippen molar-refractivity contribution in [3.63, 3.8) is 0 Å². The van der Waals surface area contributed by atoms with Gasteiger partial charge in [0.1, 0.15) is 5.82 Å². The van der Waals surface area contributed by atoms with Crippen molar-refractivity contribution in [2.24, 2.45) is 0 Å². The van der Waals surface area contributed by atoms with Crippen molar-refractivity contribution in [3.05, 3.63) is 33.0 Å². The van der Waals surface area contributed by atoms with E-state index < -0.39 is 5.82 Å². The second kappa shape index (κ2) is 5.36. The number of rotatable bonds is 2. The largest absolute Gasteiger partial charge is 0.349 e. The molecule has 0 spiro atoms. The van der Waals surface area contributed by atoms with Crippen molar-refractivity contribution < 1.29 is 9.18 Å². The fourth-order valence-corrected chi connectivity index (χ4v) is 2.51. The van der Waals surface area contributed by atoms with E-state index in [0.717, 1.165) is 25.7 Å². The van der Waals surface area contributed by atoms with Crippen LogP contribution in [0.5, 0.6) is 0 Å². The third-order valence-electron chi connectivity index (χ3n) is 2.94. The van der Waals surface area contributed by atoms with Gasteiger partial charge in [0.05, 0.1) is 10.6 Å². The topological polar surface area (TPSA) is 29.1 Å². The van der Waals surface area contributed by atoms with Crippen LogP contribution in [0, 0.1) is 5.82 Å². The lowest BCUT2D eigenvalue weighted by Crippen LogP contribution is -2.33. The van der Waals surface area contributed by atoms with E-state index >= 15 is 0 Å². The molecule has 1 aromatic carbocycles. The summed E-state index contributed by atoms with van der Waals surface area (Å²) >= 11 is 8.97. The fourth-order valence-electron chi connectivity index (χ4n) is 2.03. The summed E-state index contributed by atoms with van der Waals surface area (Å²) < 4.78 is 14.1. The molecule has 5 heteroatoms. The predicted molar refractivity (Wildman–Crippen MR) is 68.8 cm³/mol. The van der Waals surface area contributed by atoms with E-state index in [4.69, 9.17) is 11.6 Å². The molecular formula is C12H12BrClFNO. The Morgan fingerprint density at radius 1 is 1.41 bits per heavy atom. The smallest absolute Gasteiger partial charge is 0.254 e. The monoisotopic (exact) mass is 319 g/mol. The second-order valence-electron chi connectivity index (χ2n) is 4.20. The molecule has 1 saturated carbocycles. The summed E-state index contributed by atoms with van der Waals surface area (Å²) in [4.78, 5) is 11.9. The molecule has 0 radical (unpaired) electrons. The lowest BCUT2D eigenvalue weighted by atomic mass is 10.1. The first-order valence-electron chi connectivity index (χ1n) is 5.53. The average molecular weight is 321 g/mol. The first-order chi connectivity index (χ1) is 8.08. The molecule has 1 amide bonds. The van der Waals surface area contributed by atoms with Gasteiger partial charge in [0.25, 0.3) is 5.91 Å². The van der Waals surface area contributed by atoms with E-state index in [1.807, 2.05) is 0 Å². The van der Waals surface area contributed by atoms with Gasteiger partial charge in [-0.15, -0.1) is 0 Å². The minimum absolute atomic E-state index is 0.00472. The normalized spacial score (nSPS) is 16.2. The zero-order valence-electron chi connectivity index (χ0n) is 9.10. The van der Waals surface area contributed by atoms with Crippen molar-refractivity contribution in [3.8, 4) is 0 Å². The quantitative estimate of drug-likeness (QED) is 0.822. The van der Waals surface area contributed by atoms with Gasteiger partial charge in [-0.2, -0.15) is 0 Å². The van der Waals surface area contributed by atoms with Crippen LogP contribution in [0.3, 0.4) is 0 Å². The van der Waals surface area contributed by atoms with Gasteiger partial charge in [0.2, 0.25) is 0 Å². The molecule has 2 nitrogen and oxygen atoms in total. The van der Waals surface area contributed by atoms with Gasteiger partial charge >= 0.3 is 0 Å². The molecule has 17 heavy (non-hydrogen) atoms. The van der Waals surface area contributed by atoms with Crippen LogP contribution in [0.4, 0.5) is 4.39 Å². The third kappa shape index (κ3) is 2.99. The predicted octanol–water partition coefficient (Wildman–Crippen LogP) is 3.91. The molecule has 0 saturated heterocycles. The van der Waals surface area contributed by atoms with Crippen LogP contribution in [0.1, 0.15) is 36.0 Å². The SMILES string of the molecule is O=C(NC1CCCC1)c1cc(Cl)c(Br)cc1F. The van der Waals surface area contributed by atoms with E-state index in [-0.39, 0.29) is 17.5 Å². The Morgan fingerprint density at radius 3 is 2.71 bits per heavy atom. The maximum Gasteiger partial charge on any atom is 0.254 e. The van der Waals surface area contributed by atoms with Gasteiger partial charge < -0.3 is 5.32 Å². The molecule has 2 rings (SSSR count). The zero-order chi connectivity index (χ0) is 12.4. The summed E-state index contributed by atoms with van der Waals surface area (Å²) in [6, 6.07) is 2.74. The number of hydrogen-bond donors (Lipinski definition) is 1. The van der Waals surface area contributed by atoms with Crippen LogP contribution in [-0.2, 0) is 0 Å². The maximum absolute atomic E-state index is 13.6. The van der Waals surface area contributed by atoms with Crippen LogP contribution in [0.25, 0.3) is 0 Å². The van der Waals surface area contributed by atoms with Crippen molar-refractivity contribution in [1.82, 2.24) is 5.32 Å². The van der Waals surface area contributed by atoms with E-state index in [1.165, 1.54) is 12.1 Å². The molecule has 0 atom stereocenters. The highest BCUT2D eigenvalue weighted by Gasteiger charge is 2.20. The van der Waals surface area contributed by atoms with E-state index in [0.29, 0.717) is 9.50 Å². The lowest BCUT2D eigenvalue weighted by molar-refractivity contribution is 0.0934. The third-order valence-corrected chi connectivity index (χ3v) is 4.14. The summed E-state index contributed by atoms with van der Waals surface area (Å²) in [5.74, 6) is -0.944. The minimum atomic E-state index is -0.559.